The van der Waals surface area contributed by atoms with Crippen LogP contribution in [0.5, 0.6) is 0 Å². The normalized spacial score (nSPS) is 19.3. The summed E-state index contributed by atoms with van der Waals surface area (Å²) in [6.07, 6.45) is 11.6. The number of imide groups is 1. The fourth-order valence-electron chi connectivity index (χ4n) is 9.29. The van der Waals surface area contributed by atoms with Crippen molar-refractivity contribution in [2.45, 2.75) is 103 Å². The number of hydrogen-bond acceptors (Lipinski definition) is 12. The smallest absolute Gasteiger partial charge is 0.312 e. The first-order valence-corrected chi connectivity index (χ1v) is 23.3. The highest BCUT2D eigenvalue weighted by molar-refractivity contribution is 6.12. The van der Waals surface area contributed by atoms with E-state index in [-0.39, 0.29) is 86.1 Å². The number of carbonyl (C=O) groups excluding carboxylic acids is 7. The number of nitrogens with one attached hydrogen (secondary N) is 6. The molecule has 4 heterocycles. The molecule has 3 fully saturated rings. The second-order valence-corrected chi connectivity index (χ2v) is 18.1. The van der Waals surface area contributed by atoms with Crippen molar-refractivity contribution in [2.24, 2.45) is 29.4 Å². The summed E-state index contributed by atoms with van der Waals surface area (Å²) in [6.45, 7) is 3.84. The van der Waals surface area contributed by atoms with Crippen LogP contribution in [0.25, 0.3) is 22.4 Å². The van der Waals surface area contributed by atoms with Gasteiger partial charge in [-0.25, -0.2) is 28.5 Å². The quantitative estimate of drug-likeness (QED) is 0.0319. The molecule has 3 aromatic heterocycles. The van der Waals surface area contributed by atoms with E-state index in [9.17, 15) is 38.0 Å². The number of primary amides is 1. The number of fused-ring (bicyclic) bond motifs is 4. The lowest BCUT2D eigenvalue weighted by atomic mass is 9.61. The first kappa shape index (κ1) is 49.6. The topological polar surface area (TPSA) is 273 Å². The van der Waals surface area contributed by atoms with Crippen LogP contribution in [-0.2, 0) is 40.1 Å². The largest absolute Gasteiger partial charge is 0.461 e. The lowest BCUT2D eigenvalue weighted by Gasteiger charge is -2.47. The second-order valence-electron chi connectivity index (χ2n) is 18.1. The van der Waals surface area contributed by atoms with Gasteiger partial charge in [-0.2, -0.15) is 0 Å². The summed E-state index contributed by atoms with van der Waals surface area (Å²) in [5, 5.41) is 14.5. The van der Waals surface area contributed by atoms with Crippen LogP contribution in [0.2, 0.25) is 0 Å². The first-order chi connectivity index (χ1) is 33.1. The Hall–Kier alpha value is -7.32. The van der Waals surface area contributed by atoms with E-state index in [4.69, 9.17) is 10.5 Å². The number of anilines is 2. The molecule has 366 valence electrons. The Labute approximate surface area is 396 Å². The van der Waals surface area contributed by atoms with Crippen molar-refractivity contribution in [3.05, 3.63) is 78.3 Å². The van der Waals surface area contributed by atoms with Gasteiger partial charge in [0.15, 0.2) is 17.5 Å². The Kier molecular flexibility index (Phi) is 16.3. The van der Waals surface area contributed by atoms with Crippen LogP contribution in [0.15, 0.2) is 61.1 Å². The van der Waals surface area contributed by atoms with Crippen molar-refractivity contribution in [3.63, 3.8) is 0 Å². The number of benzene rings is 1. The highest BCUT2D eigenvalue weighted by Gasteiger charge is 2.48. The van der Waals surface area contributed by atoms with Crippen LogP contribution in [-0.4, -0.2) is 97.6 Å². The van der Waals surface area contributed by atoms with E-state index in [2.05, 4.69) is 46.5 Å². The number of rotatable bonds is 22. The SMILES string of the molecule is CC(C)[C@H](NC(=O)CCCCCN1C(=O)C=CC1=O)C(=O)N[C@@H](CCCNC(N)=O)C(=O)Nc1ccc(COC(=O)[C@H]2C3CCC(CC3)[C@@H]2Nc2nc(-c3c[nH]c4ncc(F)cc34)ncc2F)cc1. The number of nitrogens with two attached hydrogens (primary N) is 1. The van der Waals surface area contributed by atoms with Crippen molar-refractivity contribution < 1.29 is 47.1 Å². The number of H-pyrrole nitrogens is 1. The maximum atomic E-state index is 15.3. The van der Waals surface area contributed by atoms with Gasteiger partial charge in [-0.1, -0.05) is 32.4 Å². The molecule has 0 radical (unpaired) electrons. The molecule has 4 aliphatic rings. The lowest BCUT2D eigenvalue weighted by Crippen LogP contribution is -2.54. The molecular formula is C48H57F2N11O8. The third-order valence-electron chi connectivity index (χ3n) is 12.9. The van der Waals surface area contributed by atoms with Gasteiger partial charge < -0.3 is 42.0 Å². The van der Waals surface area contributed by atoms with E-state index in [1.54, 1.807) is 44.3 Å². The minimum Gasteiger partial charge on any atom is -0.461 e. The van der Waals surface area contributed by atoms with Crippen molar-refractivity contribution in [1.82, 2.24) is 40.8 Å². The maximum Gasteiger partial charge on any atom is 0.312 e. The standard InChI is InChI=1S/C48H57F2N11O8/c1-26(2)40(58-36(62)8-4-3-5-20-61-37(63)17-18-38(61)64)46(66)57-35(7-6-19-52-48(51)68)45(65)56-31-15-9-27(10-16-31)25-69-47(67)39-28-11-13-29(14-12-28)41(39)59-44-34(50)24-55-43(60-44)33-23-54-42-32(33)21-30(49)22-53-42/h9-10,15-18,21-24,26,28-29,35,39-41H,3-8,11-14,19-20,25H2,1-2H3,(H,53,54)(H,56,65)(H,57,66)(H,58,62)(H3,51,52,68)(H,55,59,60)/t28?,29?,35-,39-,40-,41-/m0/s1. The molecule has 0 spiro atoms. The van der Waals surface area contributed by atoms with Gasteiger partial charge in [-0.15, -0.1) is 0 Å². The number of unbranched alkanes of at least 4 members (excludes halogenated alkanes) is 2. The highest BCUT2D eigenvalue weighted by Crippen LogP contribution is 2.47. The van der Waals surface area contributed by atoms with Crippen molar-refractivity contribution in [2.75, 3.05) is 23.7 Å². The Bertz CT molecular complexity index is 2560. The Morgan fingerprint density at radius 3 is 2.33 bits per heavy atom. The number of urea groups is 1. The van der Waals surface area contributed by atoms with E-state index in [0.717, 1.165) is 43.0 Å². The highest BCUT2D eigenvalue weighted by atomic mass is 19.1. The molecule has 3 aliphatic carbocycles. The fourth-order valence-corrected chi connectivity index (χ4v) is 9.29. The molecule has 2 bridgehead atoms. The number of esters is 1. The summed E-state index contributed by atoms with van der Waals surface area (Å²) in [7, 11) is 0. The minimum atomic E-state index is -1.07. The van der Waals surface area contributed by atoms with Crippen LogP contribution < -0.4 is 32.3 Å². The van der Waals surface area contributed by atoms with Crippen LogP contribution in [0.3, 0.4) is 0 Å². The summed E-state index contributed by atoms with van der Waals surface area (Å²) in [5.74, 6) is -4.66. The van der Waals surface area contributed by atoms with Gasteiger partial charge in [0.05, 0.1) is 18.3 Å². The molecule has 4 atom stereocenters. The van der Waals surface area contributed by atoms with Crippen LogP contribution >= 0.6 is 0 Å². The minimum absolute atomic E-state index is 0.0131. The third-order valence-corrected chi connectivity index (χ3v) is 12.9. The molecule has 1 aromatic carbocycles. The number of halogens is 2. The molecular weight excluding hydrogens is 897 g/mol. The van der Waals surface area contributed by atoms with Gasteiger partial charge in [0.25, 0.3) is 11.8 Å². The Balaban J connectivity index is 0.931. The van der Waals surface area contributed by atoms with Gasteiger partial charge in [-0.3, -0.25) is 33.7 Å². The summed E-state index contributed by atoms with van der Waals surface area (Å²) in [4.78, 5) is 106. The van der Waals surface area contributed by atoms with Gasteiger partial charge in [0, 0.05) is 60.5 Å². The number of pyridine rings is 1. The molecule has 8 rings (SSSR count). The third kappa shape index (κ3) is 12.6. The second kappa shape index (κ2) is 22.7. The Morgan fingerprint density at radius 2 is 1.62 bits per heavy atom. The molecule has 21 heteroatoms. The van der Waals surface area contributed by atoms with Crippen LogP contribution in [0, 0.1) is 35.3 Å². The number of hydrogen-bond donors (Lipinski definition) is 7. The average molecular weight is 954 g/mol. The number of aromatic amines is 1. The maximum absolute atomic E-state index is 15.3. The number of carbonyl (C=O) groups is 7. The lowest BCUT2D eigenvalue weighted by molar-refractivity contribution is -0.156. The van der Waals surface area contributed by atoms with Crippen molar-refractivity contribution in [3.8, 4) is 11.4 Å². The monoisotopic (exact) mass is 953 g/mol. The average Bonchev–Trinajstić information content (AvgIpc) is 3.90. The van der Waals surface area contributed by atoms with E-state index in [0.29, 0.717) is 47.1 Å². The van der Waals surface area contributed by atoms with Crippen LogP contribution in [0.4, 0.5) is 25.1 Å². The fraction of sp³-hybridized carbons (Fsp3) is 0.458. The summed E-state index contributed by atoms with van der Waals surface area (Å²) >= 11 is 0. The van der Waals surface area contributed by atoms with E-state index >= 15 is 4.39 Å². The number of ether oxygens (including phenoxy) is 1. The molecule has 0 saturated heterocycles. The Morgan fingerprint density at radius 1 is 0.899 bits per heavy atom. The number of aromatic nitrogens is 4. The van der Waals surface area contributed by atoms with Crippen molar-refractivity contribution in [1.29, 1.82) is 0 Å². The molecule has 19 nitrogen and oxygen atoms in total. The van der Waals surface area contributed by atoms with Gasteiger partial charge in [0.1, 0.15) is 30.2 Å². The van der Waals surface area contributed by atoms with Gasteiger partial charge >= 0.3 is 12.0 Å². The molecule has 3 saturated carbocycles. The zero-order chi connectivity index (χ0) is 49.2. The van der Waals surface area contributed by atoms with E-state index < -0.39 is 59.5 Å². The molecule has 1 aliphatic heterocycles. The van der Waals surface area contributed by atoms with Crippen LogP contribution in [0.1, 0.15) is 83.6 Å². The first-order valence-electron chi connectivity index (χ1n) is 23.3. The number of amides is 7. The van der Waals surface area contributed by atoms with Gasteiger partial charge in [0.2, 0.25) is 17.7 Å². The van der Waals surface area contributed by atoms with Gasteiger partial charge in [-0.05, 0) is 92.9 Å². The zero-order valence-corrected chi connectivity index (χ0v) is 38.4. The summed E-state index contributed by atoms with van der Waals surface area (Å²) in [6, 6.07) is 4.69. The molecule has 4 aromatic rings. The molecule has 0 unspecified atom stereocenters. The van der Waals surface area contributed by atoms with E-state index in [1.165, 1.54) is 18.2 Å². The van der Waals surface area contributed by atoms with Crippen molar-refractivity contribution >= 4 is 64.1 Å². The predicted molar refractivity (Wildman–Crippen MR) is 248 cm³/mol. The zero-order valence-electron chi connectivity index (χ0n) is 38.4. The molecule has 8 N–H and O–H groups in total. The summed E-state index contributed by atoms with van der Waals surface area (Å²) < 4.78 is 35.3. The van der Waals surface area contributed by atoms with E-state index in [1.807, 2.05) is 0 Å². The molecule has 7 amide bonds. The molecule has 69 heavy (non-hydrogen) atoms. The number of nitrogens with zero attached hydrogens (tertiary/aromatic N) is 4. The summed E-state index contributed by atoms with van der Waals surface area (Å²) in [5.41, 5.74) is 7.10. The predicted octanol–water partition coefficient (Wildman–Crippen LogP) is 4.76.